The summed E-state index contributed by atoms with van der Waals surface area (Å²) in [6, 6.07) is 3.40. The lowest BCUT2D eigenvalue weighted by Gasteiger charge is -2.35. The van der Waals surface area contributed by atoms with Gasteiger partial charge in [-0.25, -0.2) is 0 Å². The summed E-state index contributed by atoms with van der Waals surface area (Å²) >= 11 is 1.76. The van der Waals surface area contributed by atoms with E-state index in [0.29, 0.717) is 18.0 Å². The first-order chi connectivity index (χ1) is 10.6. The van der Waals surface area contributed by atoms with Crippen LogP contribution in [0.25, 0.3) is 0 Å². The Morgan fingerprint density at radius 2 is 2.09 bits per heavy atom. The summed E-state index contributed by atoms with van der Waals surface area (Å²) in [5.74, 6) is 1.44. The first-order valence-electron chi connectivity index (χ1n) is 8.33. The lowest BCUT2D eigenvalue weighted by molar-refractivity contribution is 0.167. The Bertz CT molecular complexity index is 447. The molecule has 1 saturated heterocycles. The quantitative estimate of drug-likeness (QED) is 0.647. The van der Waals surface area contributed by atoms with Crippen molar-refractivity contribution in [1.82, 2.24) is 15.5 Å². The first-order valence-corrected chi connectivity index (χ1v) is 9.27. The predicted octanol–water partition coefficient (Wildman–Crippen LogP) is 2.89. The molecule has 2 N–H and O–H groups in total. The van der Waals surface area contributed by atoms with Crippen LogP contribution in [0, 0.1) is 0 Å². The maximum atomic E-state index is 4.37. The van der Waals surface area contributed by atoms with Gasteiger partial charge in [-0.15, -0.1) is 0 Å². The maximum Gasteiger partial charge on any atom is 0.191 e. The molecule has 0 aliphatic carbocycles. The third kappa shape index (κ3) is 4.99. The summed E-state index contributed by atoms with van der Waals surface area (Å²) in [7, 11) is 1.85. The van der Waals surface area contributed by atoms with Crippen molar-refractivity contribution >= 4 is 17.3 Å². The van der Waals surface area contributed by atoms with Gasteiger partial charge in [-0.2, -0.15) is 11.3 Å². The molecule has 1 aliphatic rings. The fourth-order valence-electron chi connectivity index (χ4n) is 2.87. The molecule has 1 aliphatic heterocycles. The molecule has 5 heteroatoms. The number of nitrogens with zero attached hydrogens (tertiary/aromatic N) is 2. The molecule has 2 rings (SSSR count). The largest absolute Gasteiger partial charge is 0.356 e. The fraction of sp³-hybridized carbons (Fsp3) is 0.706. The zero-order chi connectivity index (χ0) is 15.9. The van der Waals surface area contributed by atoms with Gasteiger partial charge in [0.25, 0.3) is 0 Å². The van der Waals surface area contributed by atoms with Gasteiger partial charge in [0.15, 0.2) is 5.96 Å². The molecule has 0 bridgehead atoms. The number of hydrogen-bond donors (Lipinski definition) is 2. The minimum Gasteiger partial charge on any atom is -0.356 e. The standard InChI is InChI=1S/C17H30N4S/c1-13(2)21-8-5-16(6-9-21)20-17(18-4)19-11-14(3)15-7-10-22-12-15/h7,10,12-14,16H,5-6,8-9,11H2,1-4H3,(H2,18,19,20). The van der Waals surface area contributed by atoms with E-state index < -0.39 is 0 Å². The van der Waals surface area contributed by atoms with E-state index in [2.05, 4.69) is 58.1 Å². The van der Waals surface area contributed by atoms with Crippen molar-refractivity contribution in [1.29, 1.82) is 0 Å². The van der Waals surface area contributed by atoms with Gasteiger partial charge in [0.05, 0.1) is 0 Å². The smallest absolute Gasteiger partial charge is 0.191 e. The Morgan fingerprint density at radius 3 is 2.64 bits per heavy atom. The van der Waals surface area contributed by atoms with Gasteiger partial charge in [-0.1, -0.05) is 6.92 Å². The van der Waals surface area contributed by atoms with Crippen LogP contribution in [0.2, 0.25) is 0 Å². The number of aliphatic imine (C=N–C) groups is 1. The second-order valence-corrected chi connectivity index (χ2v) is 7.24. The average Bonchev–Trinajstić information content (AvgIpc) is 3.06. The highest BCUT2D eigenvalue weighted by molar-refractivity contribution is 7.07. The zero-order valence-corrected chi connectivity index (χ0v) is 15.1. The molecule has 0 spiro atoms. The fourth-order valence-corrected chi connectivity index (χ4v) is 3.65. The summed E-state index contributed by atoms with van der Waals surface area (Å²) in [6.45, 7) is 10.1. The van der Waals surface area contributed by atoms with Crippen LogP contribution in [0.1, 0.15) is 45.1 Å². The van der Waals surface area contributed by atoms with Gasteiger partial charge in [-0.3, -0.25) is 4.99 Å². The minimum absolute atomic E-state index is 0.507. The van der Waals surface area contributed by atoms with Crippen LogP contribution in [0.4, 0.5) is 0 Å². The second-order valence-electron chi connectivity index (χ2n) is 6.46. The highest BCUT2D eigenvalue weighted by atomic mass is 32.1. The van der Waals surface area contributed by atoms with E-state index in [0.717, 1.165) is 12.5 Å². The summed E-state index contributed by atoms with van der Waals surface area (Å²) < 4.78 is 0. The van der Waals surface area contributed by atoms with E-state index in [4.69, 9.17) is 0 Å². The molecule has 2 heterocycles. The molecule has 0 aromatic carbocycles. The molecule has 1 unspecified atom stereocenters. The number of piperidine rings is 1. The van der Waals surface area contributed by atoms with Gasteiger partial charge in [-0.05, 0) is 55.0 Å². The highest BCUT2D eigenvalue weighted by Crippen LogP contribution is 2.17. The highest BCUT2D eigenvalue weighted by Gasteiger charge is 2.21. The van der Waals surface area contributed by atoms with Crippen LogP contribution < -0.4 is 10.6 Å². The van der Waals surface area contributed by atoms with E-state index in [1.165, 1.54) is 31.5 Å². The molecule has 1 aromatic heterocycles. The number of nitrogens with one attached hydrogen (secondary N) is 2. The molecule has 1 fully saturated rings. The third-order valence-electron chi connectivity index (χ3n) is 4.51. The SMILES string of the molecule is CN=C(NCC(C)c1ccsc1)NC1CCN(C(C)C)CC1. The Balaban J connectivity index is 1.74. The lowest BCUT2D eigenvalue weighted by atomic mass is 10.0. The maximum absolute atomic E-state index is 4.37. The summed E-state index contributed by atoms with van der Waals surface area (Å²) in [4.78, 5) is 6.92. The molecule has 4 nitrogen and oxygen atoms in total. The monoisotopic (exact) mass is 322 g/mol. The number of hydrogen-bond acceptors (Lipinski definition) is 3. The molecular weight excluding hydrogens is 292 g/mol. The van der Waals surface area contributed by atoms with Crippen molar-refractivity contribution in [3.05, 3.63) is 22.4 Å². The van der Waals surface area contributed by atoms with Gasteiger partial charge in [0, 0.05) is 38.8 Å². The average molecular weight is 323 g/mol. The van der Waals surface area contributed by atoms with E-state index in [-0.39, 0.29) is 0 Å². The molecule has 0 amide bonds. The molecule has 0 radical (unpaired) electrons. The Kier molecular flexibility index (Phi) is 6.70. The van der Waals surface area contributed by atoms with Crippen LogP contribution >= 0.6 is 11.3 Å². The predicted molar refractivity (Wildman–Crippen MR) is 97.0 cm³/mol. The molecular formula is C17H30N4S. The number of rotatable bonds is 5. The normalized spacial score (nSPS) is 19.4. The van der Waals surface area contributed by atoms with Crippen LogP contribution in [0.3, 0.4) is 0 Å². The summed E-state index contributed by atoms with van der Waals surface area (Å²) in [5.41, 5.74) is 1.40. The van der Waals surface area contributed by atoms with Gasteiger partial charge in [0.1, 0.15) is 0 Å². The van der Waals surface area contributed by atoms with Crippen molar-refractivity contribution in [2.45, 2.75) is 51.6 Å². The Morgan fingerprint density at radius 1 is 1.36 bits per heavy atom. The third-order valence-corrected chi connectivity index (χ3v) is 5.21. The van der Waals surface area contributed by atoms with E-state index >= 15 is 0 Å². The summed E-state index contributed by atoms with van der Waals surface area (Å²) in [6.07, 6.45) is 2.39. The van der Waals surface area contributed by atoms with Crippen LogP contribution in [-0.2, 0) is 0 Å². The molecule has 1 atom stereocenters. The molecule has 0 saturated carbocycles. The van der Waals surface area contributed by atoms with Crippen molar-refractivity contribution in [3.63, 3.8) is 0 Å². The second kappa shape index (κ2) is 8.53. The lowest BCUT2D eigenvalue weighted by Crippen LogP contribution is -2.50. The van der Waals surface area contributed by atoms with E-state index in [1.54, 1.807) is 11.3 Å². The molecule has 22 heavy (non-hydrogen) atoms. The van der Waals surface area contributed by atoms with Crippen molar-refractivity contribution in [3.8, 4) is 0 Å². The molecule has 1 aromatic rings. The number of thiophene rings is 1. The van der Waals surface area contributed by atoms with Crippen molar-refractivity contribution in [2.24, 2.45) is 4.99 Å². The Labute approximate surface area is 139 Å². The zero-order valence-electron chi connectivity index (χ0n) is 14.3. The van der Waals surface area contributed by atoms with Crippen LogP contribution in [-0.4, -0.2) is 49.6 Å². The van der Waals surface area contributed by atoms with Crippen molar-refractivity contribution < 1.29 is 0 Å². The summed E-state index contributed by atoms with van der Waals surface area (Å²) in [5, 5.41) is 11.4. The van der Waals surface area contributed by atoms with Gasteiger partial charge >= 0.3 is 0 Å². The Hall–Kier alpha value is -1.07. The van der Waals surface area contributed by atoms with Crippen LogP contribution in [0.15, 0.2) is 21.8 Å². The van der Waals surface area contributed by atoms with Crippen LogP contribution in [0.5, 0.6) is 0 Å². The van der Waals surface area contributed by atoms with Crippen molar-refractivity contribution in [2.75, 3.05) is 26.7 Å². The minimum atomic E-state index is 0.507. The van der Waals surface area contributed by atoms with E-state index in [9.17, 15) is 0 Å². The van der Waals surface area contributed by atoms with Gasteiger partial charge < -0.3 is 15.5 Å². The number of likely N-dealkylation sites (tertiary alicyclic amines) is 1. The topological polar surface area (TPSA) is 39.7 Å². The first kappa shape index (κ1) is 17.3. The van der Waals surface area contributed by atoms with Gasteiger partial charge in [0.2, 0.25) is 0 Å². The molecule has 124 valence electrons. The number of guanidine groups is 1. The van der Waals surface area contributed by atoms with E-state index in [1.807, 2.05) is 7.05 Å².